The first-order valence-electron chi connectivity index (χ1n) is 3.61. The van der Waals surface area contributed by atoms with Crippen molar-refractivity contribution in [2.24, 2.45) is 0 Å². The second kappa shape index (κ2) is 2.80. The molecule has 0 fully saturated rings. The molecular weight excluding hydrogens is 174 g/mol. The standard InChI is InChI=1S/C8H10ClN3/c1-8(2,3)12-7(9)6(4-10)5-11-12/h5H,1-3H3. The maximum absolute atomic E-state index is 8.61. The van der Waals surface area contributed by atoms with Gasteiger partial charge >= 0.3 is 0 Å². The Morgan fingerprint density at radius 3 is 2.42 bits per heavy atom. The van der Waals surface area contributed by atoms with Crippen LogP contribution in [0.2, 0.25) is 5.15 Å². The van der Waals surface area contributed by atoms with Gasteiger partial charge in [-0.25, -0.2) is 4.68 Å². The summed E-state index contributed by atoms with van der Waals surface area (Å²) in [6, 6.07) is 1.97. The number of hydrogen-bond acceptors (Lipinski definition) is 2. The van der Waals surface area contributed by atoms with Crippen LogP contribution in [0, 0.1) is 11.3 Å². The molecule has 0 saturated carbocycles. The molecule has 0 saturated heterocycles. The van der Waals surface area contributed by atoms with Gasteiger partial charge < -0.3 is 0 Å². The smallest absolute Gasteiger partial charge is 0.145 e. The summed E-state index contributed by atoms with van der Waals surface area (Å²) >= 11 is 5.89. The quantitative estimate of drug-likeness (QED) is 0.619. The van der Waals surface area contributed by atoms with Crippen LogP contribution < -0.4 is 0 Å². The molecule has 0 aliphatic heterocycles. The van der Waals surface area contributed by atoms with Gasteiger partial charge in [-0.3, -0.25) is 0 Å². The van der Waals surface area contributed by atoms with Crippen LogP contribution in [0.1, 0.15) is 26.3 Å². The fourth-order valence-corrected chi connectivity index (χ4v) is 1.26. The van der Waals surface area contributed by atoms with Crippen LogP contribution in [-0.2, 0) is 5.54 Å². The molecule has 64 valence electrons. The summed E-state index contributed by atoms with van der Waals surface area (Å²) in [5.74, 6) is 0. The lowest BCUT2D eigenvalue weighted by atomic mass is 10.1. The Hall–Kier alpha value is -1.01. The van der Waals surface area contributed by atoms with Crippen molar-refractivity contribution in [3.63, 3.8) is 0 Å². The minimum absolute atomic E-state index is 0.174. The Morgan fingerprint density at radius 1 is 1.58 bits per heavy atom. The van der Waals surface area contributed by atoms with Gasteiger partial charge in [0.25, 0.3) is 0 Å². The summed E-state index contributed by atoms with van der Waals surface area (Å²) in [6.07, 6.45) is 1.48. The van der Waals surface area contributed by atoms with Crippen LogP contribution in [0.5, 0.6) is 0 Å². The molecule has 0 N–H and O–H groups in total. The van der Waals surface area contributed by atoms with E-state index in [-0.39, 0.29) is 5.54 Å². The number of nitriles is 1. The van der Waals surface area contributed by atoms with Crippen molar-refractivity contribution in [2.75, 3.05) is 0 Å². The van der Waals surface area contributed by atoms with Crippen molar-refractivity contribution in [3.05, 3.63) is 16.9 Å². The first-order valence-corrected chi connectivity index (χ1v) is 3.98. The van der Waals surface area contributed by atoms with E-state index >= 15 is 0 Å². The topological polar surface area (TPSA) is 41.6 Å². The van der Waals surface area contributed by atoms with Crippen LogP contribution in [-0.4, -0.2) is 9.78 Å². The molecule has 3 nitrogen and oxygen atoms in total. The molecule has 0 unspecified atom stereocenters. The van der Waals surface area contributed by atoms with Gasteiger partial charge in [0.05, 0.1) is 11.7 Å². The molecule has 1 heterocycles. The molecule has 1 aromatic heterocycles. The summed E-state index contributed by atoms with van der Waals surface area (Å²) < 4.78 is 1.63. The molecule has 1 aromatic rings. The fraction of sp³-hybridized carbons (Fsp3) is 0.500. The average Bonchev–Trinajstić information content (AvgIpc) is 2.29. The van der Waals surface area contributed by atoms with Crippen molar-refractivity contribution in [1.82, 2.24) is 9.78 Å². The molecule has 0 aromatic carbocycles. The van der Waals surface area contributed by atoms with E-state index in [1.165, 1.54) is 6.20 Å². The van der Waals surface area contributed by atoms with Gasteiger partial charge in [0.15, 0.2) is 0 Å². The van der Waals surface area contributed by atoms with Crippen molar-refractivity contribution in [1.29, 1.82) is 5.26 Å². The van der Waals surface area contributed by atoms with Gasteiger partial charge in [0.2, 0.25) is 0 Å². The zero-order valence-electron chi connectivity index (χ0n) is 7.30. The summed E-state index contributed by atoms with van der Waals surface area (Å²) in [7, 11) is 0. The van der Waals surface area contributed by atoms with Crippen molar-refractivity contribution < 1.29 is 0 Å². The Balaban J connectivity index is 3.22. The zero-order valence-corrected chi connectivity index (χ0v) is 8.05. The van der Waals surface area contributed by atoms with Gasteiger partial charge in [-0.15, -0.1) is 0 Å². The Bertz CT molecular complexity index is 327. The lowest BCUT2D eigenvalue weighted by molar-refractivity contribution is 0.356. The van der Waals surface area contributed by atoms with Crippen molar-refractivity contribution in [2.45, 2.75) is 26.3 Å². The Morgan fingerprint density at radius 2 is 2.17 bits per heavy atom. The van der Waals surface area contributed by atoms with Crippen molar-refractivity contribution in [3.8, 4) is 6.07 Å². The first-order chi connectivity index (χ1) is 5.46. The molecule has 0 aliphatic carbocycles. The third kappa shape index (κ3) is 1.44. The summed E-state index contributed by atoms with van der Waals surface area (Å²) in [4.78, 5) is 0. The average molecular weight is 184 g/mol. The molecule has 0 aliphatic rings. The largest absolute Gasteiger partial charge is 0.247 e. The molecule has 1 rings (SSSR count). The van der Waals surface area contributed by atoms with Crippen LogP contribution in [0.25, 0.3) is 0 Å². The summed E-state index contributed by atoms with van der Waals surface area (Å²) in [6.45, 7) is 5.94. The third-order valence-electron chi connectivity index (χ3n) is 1.47. The van der Waals surface area contributed by atoms with Crippen LogP contribution in [0.3, 0.4) is 0 Å². The molecule has 0 bridgehead atoms. The van der Waals surface area contributed by atoms with Gasteiger partial charge in [-0.2, -0.15) is 10.4 Å². The van der Waals surface area contributed by atoms with E-state index in [0.29, 0.717) is 10.7 Å². The van der Waals surface area contributed by atoms with Gasteiger partial charge in [0, 0.05) is 0 Å². The van der Waals surface area contributed by atoms with Crippen molar-refractivity contribution >= 4 is 11.6 Å². The first kappa shape index (κ1) is 9.08. The molecule has 0 spiro atoms. The number of halogens is 1. The monoisotopic (exact) mass is 183 g/mol. The highest BCUT2D eigenvalue weighted by molar-refractivity contribution is 6.30. The van der Waals surface area contributed by atoms with E-state index in [1.807, 2.05) is 26.8 Å². The molecule has 0 radical (unpaired) electrons. The van der Waals surface area contributed by atoms with E-state index in [4.69, 9.17) is 16.9 Å². The van der Waals surface area contributed by atoms with Gasteiger partial charge in [0.1, 0.15) is 16.8 Å². The highest BCUT2D eigenvalue weighted by Gasteiger charge is 2.19. The molecule has 0 amide bonds. The normalized spacial score (nSPS) is 11.2. The Labute approximate surface area is 76.6 Å². The lowest BCUT2D eigenvalue weighted by Gasteiger charge is -2.19. The maximum atomic E-state index is 8.61. The third-order valence-corrected chi connectivity index (χ3v) is 1.83. The lowest BCUT2D eigenvalue weighted by Crippen LogP contribution is -2.23. The minimum Gasteiger partial charge on any atom is -0.247 e. The predicted octanol–water partition coefficient (Wildman–Crippen LogP) is 2.16. The Kier molecular flexibility index (Phi) is 2.12. The summed E-state index contributed by atoms with van der Waals surface area (Å²) in [5.41, 5.74) is 0.248. The molecular formula is C8H10ClN3. The molecule has 4 heteroatoms. The van der Waals surface area contributed by atoms with Gasteiger partial charge in [-0.05, 0) is 20.8 Å². The molecule has 12 heavy (non-hydrogen) atoms. The van der Waals surface area contributed by atoms with Crippen LogP contribution in [0.15, 0.2) is 6.20 Å². The second-order valence-corrected chi connectivity index (χ2v) is 3.90. The SMILES string of the molecule is CC(C)(C)n1ncc(C#N)c1Cl. The van der Waals surface area contributed by atoms with Crippen LogP contribution in [0.4, 0.5) is 0 Å². The van der Waals surface area contributed by atoms with E-state index < -0.39 is 0 Å². The number of nitrogens with zero attached hydrogens (tertiary/aromatic N) is 3. The fourth-order valence-electron chi connectivity index (χ4n) is 0.876. The van der Waals surface area contributed by atoms with E-state index in [0.717, 1.165) is 0 Å². The highest BCUT2D eigenvalue weighted by Crippen LogP contribution is 2.22. The van der Waals surface area contributed by atoms with E-state index in [9.17, 15) is 0 Å². The number of hydrogen-bond donors (Lipinski definition) is 0. The summed E-state index contributed by atoms with van der Waals surface area (Å²) in [5, 5.41) is 13.0. The van der Waals surface area contributed by atoms with E-state index in [2.05, 4.69) is 5.10 Å². The van der Waals surface area contributed by atoms with Gasteiger partial charge in [-0.1, -0.05) is 11.6 Å². The zero-order chi connectivity index (χ0) is 9.35. The minimum atomic E-state index is -0.174. The number of aromatic nitrogens is 2. The van der Waals surface area contributed by atoms with Crippen LogP contribution >= 0.6 is 11.6 Å². The maximum Gasteiger partial charge on any atom is 0.145 e. The second-order valence-electron chi connectivity index (χ2n) is 3.54. The molecule has 0 atom stereocenters. The highest BCUT2D eigenvalue weighted by atomic mass is 35.5. The number of rotatable bonds is 0. The van der Waals surface area contributed by atoms with E-state index in [1.54, 1.807) is 4.68 Å². The predicted molar refractivity (Wildman–Crippen MR) is 46.9 cm³/mol.